The zero-order chi connectivity index (χ0) is 77.2. The minimum absolute atomic E-state index is 0.0180. The first-order valence-corrected chi connectivity index (χ1v) is 36.6. The van der Waals surface area contributed by atoms with Crippen molar-refractivity contribution in [3.05, 3.63) is 370 Å². The highest BCUT2D eigenvalue weighted by Gasteiger charge is 2.15. The van der Waals surface area contributed by atoms with Gasteiger partial charge in [0.2, 0.25) is 0 Å². The van der Waals surface area contributed by atoms with Gasteiger partial charge in [-0.15, -0.1) is 0 Å². The first-order chi connectivity index (χ1) is 51.9. The molecule has 544 valence electrons. The number of nitro groups is 2. The van der Waals surface area contributed by atoms with Crippen LogP contribution in [0.4, 0.5) is 38.5 Å². The molecule has 0 saturated heterocycles. The molecule has 0 atom stereocenters. The number of ether oxygens (including phenoxy) is 1. The molecular weight excluding hydrogens is 1630 g/mol. The smallest absolute Gasteiger partial charge is 0.275 e. The van der Waals surface area contributed by atoms with Crippen molar-refractivity contribution < 1.29 is 29.2 Å². The van der Waals surface area contributed by atoms with E-state index in [9.17, 15) is 39.6 Å². The lowest BCUT2D eigenvalue weighted by atomic mass is 10.0. The number of anilines is 1. The van der Waals surface area contributed by atoms with E-state index >= 15 is 0 Å². The Balaban J connectivity index is 0.000000157. The summed E-state index contributed by atoms with van der Waals surface area (Å²) in [5.74, 6) is 0.990. The number of hydrogen-bond acceptors (Lipinski definition) is 13. The Kier molecular flexibility index (Phi) is 29.7. The number of aliphatic imine (C=N–C) groups is 3. The lowest BCUT2D eigenvalue weighted by molar-refractivity contribution is -0.385. The van der Waals surface area contributed by atoms with Gasteiger partial charge in [0.1, 0.15) is 34.4 Å². The first-order valence-electron chi connectivity index (χ1n) is 33.7. The van der Waals surface area contributed by atoms with E-state index in [0.717, 1.165) is 96.1 Å². The van der Waals surface area contributed by atoms with Crippen molar-refractivity contribution in [2.24, 2.45) is 15.0 Å². The van der Waals surface area contributed by atoms with Gasteiger partial charge in [-0.25, -0.2) is 9.37 Å². The minimum atomic E-state index is -0.428. The summed E-state index contributed by atoms with van der Waals surface area (Å²) >= 11 is 16.5. The first kappa shape index (κ1) is 80.6. The van der Waals surface area contributed by atoms with Crippen molar-refractivity contribution in [3.8, 4) is 39.6 Å². The number of aromatic nitrogens is 2. The van der Waals surface area contributed by atoms with Crippen molar-refractivity contribution in [2.45, 2.75) is 48.1 Å². The normalized spacial score (nSPS) is 10.9. The number of nitrogens with zero attached hydrogens (tertiary/aromatic N) is 6. The molecule has 0 saturated carbocycles. The van der Waals surface area contributed by atoms with Gasteiger partial charge >= 0.3 is 0 Å². The number of fused-ring (bicyclic) bond motifs is 1. The molecule has 16 nitrogen and oxygen atoms in total. The van der Waals surface area contributed by atoms with Gasteiger partial charge in [-0.05, 0) is 252 Å². The van der Waals surface area contributed by atoms with E-state index in [0.29, 0.717) is 46.2 Å². The zero-order valence-electron chi connectivity index (χ0n) is 59.5. The van der Waals surface area contributed by atoms with Crippen LogP contribution in [0.15, 0.2) is 275 Å². The molecule has 12 aromatic carbocycles. The largest absolute Gasteiger partial charge is 0.506 e. The Morgan fingerprint density at radius 2 is 1.13 bits per heavy atom. The van der Waals surface area contributed by atoms with Crippen LogP contribution in [0, 0.1) is 67.8 Å². The number of rotatable bonds is 17. The van der Waals surface area contributed by atoms with Crippen LogP contribution < -0.4 is 15.6 Å². The second kappa shape index (κ2) is 39.7. The molecule has 0 aliphatic carbocycles. The highest BCUT2D eigenvalue weighted by atomic mass is 127. The average molecular weight is 1700 g/mol. The fourth-order valence-electron chi connectivity index (χ4n) is 10.3. The number of hydrogen-bond donors (Lipinski definition) is 4. The van der Waals surface area contributed by atoms with Gasteiger partial charge < -0.3 is 25.3 Å². The monoisotopic (exact) mass is 1700 g/mol. The molecule has 0 fully saturated rings. The van der Waals surface area contributed by atoms with Gasteiger partial charge in [0, 0.05) is 85.4 Å². The van der Waals surface area contributed by atoms with Crippen molar-refractivity contribution in [1.82, 2.24) is 9.97 Å². The molecule has 4 N–H and O–H groups in total. The summed E-state index contributed by atoms with van der Waals surface area (Å²) in [4.78, 5) is 53.7. The van der Waals surface area contributed by atoms with E-state index in [4.69, 9.17) is 27.9 Å². The topological polar surface area (TPSA) is 231 Å². The lowest BCUT2D eigenvalue weighted by Crippen LogP contribution is -2.12. The van der Waals surface area contributed by atoms with E-state index in [-0.39, 0.29) is 34.3 Å². The van der Waals surface area contributed by atoms with Gasteiger partial charge in [-0.3, -0.25) is 40.0 Å². The van der Waals surface area contributed by atoms with Gasteiger partial charge in [0.25, 0.3) is 16.9 Å². The maximum atomic E-state index is 13.0. The van der Waals surface area contributed by atoms with Gasteiger partial charge in [0.05, 0.1) is 42.4 Å². The number of phenolic OH excluding ortho intramolecular Hbond substituents is 2. The van der Waals surface area contributed by atoms with E-state index < -0.39 is 9.85 Å². The maximum Gasteiger partial charge on any atom is 0.275 e. The molecule has 13 rings (SSSR count). The molecule has 0 bridgehead atoms. The van der Waals surface area contributed by atoms with Crippen molar-refractivity contribution in [2.75, 3.05) is 11.9 Å². The number of aromatic hydroxyl groups is 2. The molecule has 21 heteroatoms. The summed E-state index contributed by atoms with van der Waals surface area (Å²) in [6.07, 6.45) is 9.10. The number of nitrogens with one attached hydrogen (secondary N) is 2. The summed E-state index contributed by atoms with van der Waals surface area (Å²) in [7, 11) is 0. The second-order valence-corrected chi connectivity index (χ2v) is 27.6. The highest BCUT2D eigenvalue weighted by Crippen LogP contribution is 2.35. The Morgan fingerprint density at radius 1 is 0.556 bits per heavy atom. The standard InChI is InChI=1S/C21H16FN3O.C20H15ClN2O2.C16H16ClNO.C15H13I2NO2.C15H13NO2/c22-15-11-9-14(10-12-15)13-23-17-6-2-1-5-16(17)20-21(26)25-19-8-4-3-7-18(19)24-20;1-14-2-8-17(9-3-14)22-13-15-4-6-16(7-5-15)19-12-18(23(24)25)10-11-20(19)21;1-3-19-15-8-5-13(6-9-15)11-18-14-7-4-12(2)16(17)10-14;1-8-3-9(2)14(19)13(4-8)18-7-10-5-11(16)6-12(17)15(10)20;1-12-2-4-13(5-3-12)6-7-14-8-10-15(11-9-14)16(17)18/h1-12,23H,13H2,(H,25,26);2-13H,1H3;4-11H,3H2,1-2H3;3-7,19-20H,1-2H3;2-11H,1H3/b;;;;7-6+. The van der Waals surface area contributed by atoms with E-state index in [2.05, 4.69) is 87.6 Å². The second-order valence-electron chi connectivity index (χ2n) is 24.4. The van der Waals surface area contributed by atoms with Crippen molar-refractivity contribution in [1.29, 1.82) is 0 Å². The molecule has 0 aliphatic heterocycles. The summed E-state index contributed by atoms with van der Waals surface area (Å²) in [5, 5.41) is 46.0. The maximum absolute atomic E-state index is 13.0. The molecule has 0 unspecified atom stereocenters. The molecule has 0 radical (unpaired) electrons. The summed E-state index contributed by atoms with van der Waals surface area (Å²) < 4.78 is 20.2. The Bertz CT molecular complexity index is 5400. The highest BCUT2D eigenvalue weighted by molar-refractivity contribution is 14.1. The summed E-state index contributed by atoms with van der Waals surface area (Å²) in [6.45, 7) is 13.0. The van der Waals surface area contributed by atoms with Gasteiger partial charge in [0.15, 0.2) is 0 Å². The average Bonchev–Trinajstić information content (AvgIpc) is 0.796. The lowest BCUT2D eigenvalue weighted by Gasteiger charge is -2.12. The molecule has 108 heavy (non-hydrogen) atoms. The molecule has 13 aromatic rings. The van der Waals surface area contributed by atoms with Crippen LogP contribution in [0.1, 0.15) is 68.1 Å². The molecule has 1 aromatic heterocycles. The third-order valence-corrected chi connectivity index (χ3v) is 18.3. The number of phenols is 2. The fraction of sp³-hybridized carbons (Fsp3) is 0.0920. The molecular formula is C87H73Cl2FI2N8O8. The number of nitro benzene ring substituents is 2. The quantitative estimate of drug-likeness (QED) is 0.0221. The molecule has 0 amide bonds. The van der Waals surface area contributed by atoms with Crippen LogP contribution in [-0.4, -0.2) is 55.3 Å². The van der Waals surface area contributed by atoms with Crippen molar-refractivity contribution in [3.63, 3.8) is 0 Å². The SMILES string of the molecule is CCOc1ccc(C=Nc2ccc(C)c(Cl)c2)cc1.Cc1cc(C)c(O)c(N=Cc2cc(I)cc(I)c2O)c1.Cc1ccc(/C=C/c2ccc([N+](=O)[O-])cc2)cc1.Cc1ccc(N=Cc2ccc(-c3cc([N+](=O)[O-])ccc3Cl)cc2)cc1.O=c1[nH]c2ccccc2nc1-c1ccccc1NCc1ccc(F)cc1. The number of H-pyrrole nitrogens is 1. The number of aryl methyl sites for hydroxylation is 5. The molecule has 1 heterocycles. The fourth-order valence-corrected chi connectivity index (χ4v) is 12.6. The molecule has 0 aliphatic rings. The van der Waals surface area contributed by atoms with Crippen LogP contribution >= 0.6 is 68.4 Å². The molecule has 0 spiro atoms. The van der Waals surface area contributed by atoms with Crippen molar-refractivity contribution >= 4 is 144 Å². The van der Waals surface area contributed by atoms with E-state index in [1.807, 2.05) is 236 Å². The number of non-ortho nitro benzene ring substituents is 2. The third kappa shape index (κ3) is 24.3. The van der Waals surface area contributed by atoms with Crippen LogP contribution in [0.3, 0.4) is 0 Å². The summed E-state index contributed by atoms with van der Waals surface area (Å²) in [5.41, 5.74) is 17.8. The van der Waals surface area contributed by atoms with Gasteiger partial charge in [-0.2, -0.15) is 0 Å². The Hall–Kier alpha value is -11.5. The summed E-state index contributed by atoms with van der Waals surface area (Å²) in [6, 6.07) is 76.9. The minimum Gasteiger partial charge on any atom is -0.506 e. The number of benzene rings is 12. The van der Waals surface area contributed by atoms with Crippen LogP contribution in [0.25, 0.3) is 45.6 Å². The predicted octanol–water partition coefficient (Wildman–Crippen LogP) is 23.9. The Labute approximate surface area is 662 Å². The Morgan fingerprint density at radius 3 is 1.77 bits per heavy atom. The van der Waals surface area contributed by atoms with Gasteiger partial charge in [-0.1, -0.05) is 162 Å². The predicted molar refractivity (Wildman–Crippen MR) is 456 cm³/mol. The van der Waals surface area contributed by atoms with Crippen LogP contribution in [0.2, 0.25) is 10.0 Å². The van der Waals surface area contributed by atoms with E-state index in [1.54, 1.807) is 42.8 Å². The zero-order valence-corrected chi connectivity index (χ0v) is 65.3. The number of para-hydroxylation sites is 3. The van der Waals surface area contributed by atoms with E-state index in [1.165, 1.54) is 47.5 Å². The number of aromatic amines is 1. The number of halogens is 5. The van der Waals surface area contributed by atoms with Crippen LogP contribution in [0.5, 0.6) is 17.2 Å². The van der Waals surface area contributed by atoms with Crippen LogP contribution in [-0.2, 0) is 6.54 Å². The third-order valence-electron chi connectivity index (χ3n) is 16.1.